The van der Waals surface area contributed by atoms with Crippen molar-refractivity contribution >= 4 is 29.1 Å². The number of rotatable bonds is 5. The maximum Gasteiger partial charge on any atom is 0.349 e. The maximum atomic E-state index is 12.2. The molecule has 0 unspecified atom stereocenters. The minimum absolute atomic E-state index is 0.249. The van der Waals surface area contributed by atoms with E-state index in [2.05, 4.69) is 4.98 Å². The quantitative estimate of drug-likeness (QED) is 0.671. The van der Waals surface area contributed by atoms with Crippen molar-refractivity contribution in [3.8, 4) is 0 Å². The third-order valence-electron chi connectivity index (χ3n) is 3.49. The predicted octanol–water partition coefficient (Wildman–Crippen LogP) is 2.83. The van der Waals surface area contributed by atoms with E-state index in [9.17, 15) is 14.4 Å². The van der Waals surface area contributed by atoms with Gasteiger partial charge in [0, 0.05) is 5.69 Å². The van der Waals surface area contributed by atoms with Crippen molar-refractivity contribution in [1.29, 1.82) is 0 Å². The normalized spacial score (nSPS) is 10.4. The Labute approximate surface area is 137 Å². The average molecular weight is 335 g/mol. The summed E-state index contributed by atoms with van der Waals surface area (Å²) < 4.78 is 9.76. The van der Waals surface area contributed by atoms with E-state index < -0.39 is 24.3 Å². The van der Waals surface area contributed by atoms with E-state index in [-0.39, 0.29) is 5.69 Å². The zero-order valence-electron chi connectivity index (χ0n) is 13.3. The molecule has 7 heteroatoms. The van der Waals surface area contributed by atoms with Gasteiger partial charge in [-0.3, -0.25) is 4.79 Å². The minimum atomic E-state index is -0.528. The number of hydrogen-bond donors (Lipinski definition) is 1. The molecule has 2 aromatic heterocycles. The molecule has 0 saturated carbocycles. The summed E-state index contributed by atoms with van der Waals surface area (Å²) in [4.78, 5) is 39.2. The average Bonchev–Trinajstić information content (AvgIpc) is 3.07. The molecule has 2 rings (SSSR count). The van der Waals surface area contributed by atoms with Crippen LogP contribution in [0.3, 0.4) is 0 Å². The molecule has 0 amide bonds. The molecule has 23 heavy (non-hydrogen) atoms. The lowest BCUT2D eigenvalue weighted by molar-refractivity contribution is 0.0477. The summed E-state index contributed by atoms with van der Waals surface area (Å²) in [5.74, 6) is -1.44. The van der Waals surface area contributed by atoms with Gasteiger partial charge >= 0.3 is 11.9 Å². The highest BCUT2D eigenvalue weighted by Crippen LogP contribution is 2.20. The van der Waals surface area contributed by atoms with E-state index in [0.29, 0.717) is 21.7 Å². The first-order chi connectivity index (χ1) is 10.9. The molecule has 122 valence electrons. The molecule has 0 radical (unpaired) electrons. The Balaban J connectivity index is 2.11. The summed E-state index contributed by atoms with van der Waals surface area (Å²) in [6.45, 7) is 4.74. The fraction of sp³-hybridized carbons (Fsp3) is 0.312. The van der Waals surface area contributed by atoms with Crippen molar-refractivity contribution < 1.29 is 23.9 Å². The maximum absolute atomic E-state index is 12.2. The van der Waals surface area contributed by atoms with Crippen LogP contribution in [-0.2, 0) is 9.47 Å². The number of hydrogen-bond acceptors (Lipinski definition) is 6. The van der Waals surface area contributed by atoms with Gasteiger partial charge in [-0.05, 0) is 43.3 Å². The first-order valence-electron chi connectivity index (χ1n) is 6.88. The Kier molecular flexibility index (Phi) is 5.00. The van der Waals surface area contributed by atoms with Crippen LogP contribution in [0.2, 0.25) is 0 Å². The van der Waals surface area contributed by atoms with Crippen LogP contribution in [0.5, 0.6) is 0 Å². The predicted molar refractivity (Wildman–Crippen MR) is 85.3 cm³/mol. The number of aromatic amines is 1. The molecule has 0 saturated heterocycles. The first kappa shape index (κ1) is 17.0. The molecule has 0 spiro atoms. The smallest absolute Gasteiger partial charge is 0.349 e. The molecule has 2 aromatic rings. The number of Topliss-reactive ketones (excluding diaryl/α,β-unsaturated/α-hetero) is 1. The number of aromatic nitrogens is 1. The van der Waals surface area contributed by atoms with Crippen LogP contribution in [0, 0.1) is 20.8 Å². The van der Waals surface area contributed by atoms with Crippen LogP contribution in [0.4, 0.5) is 0 Å². The lowest BCUT2D eigenvalue weighted by Gasteiger charge is -2.04. The number of H-pyrrole nitrogens is 1. The molecular formula is C16H17NO5S. The third kappa shape index (κ3) is 3.34. The fourth-order valence-corrected chi connectivity index (χ4v) is 3.11. The van der Waals surface area contributed by atoms with Crippen molar-refractivity contribution in [1.82, 2.24) is 4.98 Å². The van der Waals surface area contributed by atoms with E-state index in [1.165, 1.54) is 18.4 Å². The van der Waals surface area contributed by atoms with Crippen LogP contribution < -0.4 is 0 Å². The third-order valence-corrected chi connectivity index (χ3v) is 4.48. The second-order valence-corrected chi connectivity index (χ2v) is 5.96. The number of esters is 2. The number of carbonyl (C=O) groups is 3. The molecule has 0 atom stereocenters. The topological polar surface area (TPSA) is 85.5 Å². The van der Waals surface area contributed by atoms with Crippen molar-refractivity contribution in [3.05, 3.63) is 44.4 Å². The van der Waals surface area contributed by atoms with Gasteiger partial charge in [0.1, 0.15) is 4.88 Å². The molecule has 6 nitrogen and oxygen atoms in total. The zero-order valence-corrected chi connectivity index (χ0v) is 14.1. The first-order valence-corrected chi connectivity index (χ1v) is 7.76. The Morgan fingerprint density at radius 2 is 1.87 bits per heavy atom. The van der Waals surface area contributed by atoms with Crippen LogP contribution in [0.1, 0.15) is 47.3 Å². The SMILES string of the molecule is COC(=O)c1c(C)[nH]c(C(=O)COC(=O)c2sccc2C)c1C. The summed E-state index contributed by atoms with van der Waals surface area (Å²) in [6, 6.07) is 1.81. The standard InChI is InChI=1S/C16H17NO5S/c1-8-5-6-23-14(8)16(20)22-7-11(18)13-9(2)12(10(3)17-13)15(19)21-4/h5-6,17H,7H2,1-4H3. The summed E-state index contributed by atoms with van der Waals surface area (Å²) >= 11 is 1.27. The van der Waals surface area contributed by atoms with Crippen LogP contribution in [-0.4, -0.2) is 36.4 Å². The van der Waals surface area contributed by atoms with Crippen molar-refractivity contribution in [2.24, 2.45) is 0 Å². The number of carbonyl (C=O) groups excluding carboxylic acids is 3. The Morgan fingerprint density at radius 3 is 2.43 bits per heavy atom. The Hall–Kier alpha value is -2.41. The van der Waals surface area contributed by atoms with Gasteiger partial charge < -0.3 is 14.5 Å². The van der Waals surface area contributed by atoms with Crippen molar-refractivity contribution in [3.63, 3.8) is 0 Å². The van der Waals surface area contributed by atoms with E-state index in [0.717, 1.165) is 5.56 Å². The van der Waals surface area contributed by atoms with Gasteiger partial charge in [0.25, 0.3) is 0 Å². The number of ketones is 1. The summed E-state index contributed by atoms with van der Waals surface area (Å²) in [6.07, 6.45) is 0. The lowest BCUT2D eigenvalue weighted by atomic mass is 10.1. The van der Waals surface area contributed by atoms with Crippen molar-refractivity contribution in [2.45, 2.75) is 20.8 Å². The second-order valence-electron chi connectivity index (χ2n) is 5.05. The largest absolute Gasteiger partial charge is 0.465 e. The molecule has 0 aromatic carbocycles. The lowest BCUT2D eigenvalue weighted by Crippen LogP contribution is -2.15. The molecule has 2 heterocycles. The molecule has 0 fully saturated rings. The van der Waals surface area contributed by atoms with E-state index >= 15 is 0 Å². The second kappa shape index (κ2) is 6.78. The molecule has 0 aliphatic carbocycles. The van der Waals surface area contributed by atoms with Crippen LogP contribution >= 0.6 is 11.3 Å². The Bertz CT molecular complexity index is 772. The molecule has 0 aliphatic heterocycles. The van der Waals surface area contributed by atoms with Crippen LogP contribution in [0.15, 0.2) is 11.4 Å². The number of methoxy groups -OCH3 is 1. The molecular weight excluding hydrogens is 318 g/mol. The Morgan fingerprint density at radius 1 is 1.17 bits per heavy atom. The summed E-state index contributed by atoms with van der Waals surface area (Å²) in [7, 11) is 1.28. The summed E-state index contributed by atoms with van der Waals surface area (Å²) in [5.41, 5.74) is 2.42. The fourth-order valence-electron chi connectivity index (χ4n) is 2.29. The van der Waals surface area contributed by atoms with Gasteiger partial charge in [0.15, 0.2) is 6.61 Å². The molecule has 0 aliphatic rings. The van der Waals surface area contributed by atoms with Crippen LogP contribution in [0.25, 0.3) is 0 Å². The van der Waals surface area contributed by atoms with Gasteiger partial charge in [-0.1, -0.05) is 0 Å². The van der Waals surface area contributed by atoms with Crippen molar-refractivity contribution in [2.75, 3.05) is 13.7 Å². The summed E-state index contributed by atoms with van der Waals surface area (Å²) in [5, 5.41) is 1.79. The minimum Gasteiger partial charge on any atom is -0.465 e. The van der Waals surface area contributed by atoms with Gasteiger partial charge in [0.2, 0.25) is 5.78 Å². The van der Waals surface area contributed by atoms with E-state index in [1.54, 1.807) is 26.2 Å². The number of nitrogens with one attached hydrogen (secondary N) is 1. The highest BCUT2D eigenvalue weighted by molar-refractivity contribution is 7.12. The number of aryl methyl sites for hydroxylation is 2. The number of thiophene rings is 1. The van der Waals surface area contributed by atoms with Gasteiger partial charge in [-0.2, -0.15) is 0 Å². The van der Waals surface area contributed by atoms with Gasteiger partial charge in [-0.25, -0.2) is 9.59 Å². The van der Waals surface area contributed by atoms with Gasteiger partial charge in [-0.15, -0.1) is 11.3 Å². The molecule has 0 bridgehead atoms. The monoisotopic (exact) mass is 335 g/mol. The van der Waals surface area contributed by atoms with Gasteiger partial charge in [0.05, 0.1) is 18.4 Å². The highest BCUT2D eigenvalue weighted by Gasteiger charge is 2.23. The van der Waals surface area contributed by atoms with E-state index in [4.69, 9.17) is 9.47 Å². The zero-order chi connectivity index (χ0) is 17.1. The van der Waals surface area contributed by atoms with E-state index in [1.807, 2.05) is 6.07 Å². The molecule has 1 N–H and O–H groups in total. The highest BCUT2D eigenvalue weighted by atomic mass is 32.1. The number of ether oxygens (including phenoxy) is 2.